The summed E-state index contributed by atoms with van der Waals surface area (Å²) < 4.78 is 36.8. The molecule has 72 valence electrons. The minimum atomic E-state index is -4.35. The molecule has 0 amide bonds. The lowest BCUT2D eigenvalue weighted by Crippen LogP contribution is -2.10. The Balaban J connectivity index is 3.19. The smallest absolute Gasteiger partial charge is 0.326 e. The summed E-state index contributed by atoms with van der Waals surface area (Å²) in [6, 6.07) is 1.02. The van der Waals surface area contributed by atoms with Gasteiger partial charge in [0.1, 0.15) is 3.70 Å². The van der Waals surface area contributed by atoms with Gasteiger partial charge >= 0.3 is 6.18 Å². The summed E-state index contributed by atoms with van der Waals surface area (Å²) in [6.45, 7) is 0.0625. The Kier molecular flexibility index (Phi) is 3.12. The average molecular weight is 302 g/mol. The quantitative estimate of drug-likeness (QED) is 0.638. The van der Waals surface area contributed by atoms with Crippen molar-refractivity contribution in [2.24, 2.45) is 5.73 Å². The van der Waals surface area contributed by atoms with Crippen molar-refractivity contribution in [1.29, 1.82) is 0 Å². The fourth-order valence-electron chi connectivity index (χ4n) is 0.802. The van der Waals surface area contributed by atoms with Crippen LogP contribution in [0.15, 0.2) is 12.3 Å². The summed E-state index contributed by atoms with van der Waals surface area (Å²) >= 11 is 1.55. The van der Waals surface area contributed by atoms with E-state index in [4.69, 9.17) is 5.73 Å². The molecule has 0 saturated heterocycles. The van der Waals surface area contributed by atoms with E-state index in [1.165, 1.54) is 6.20 Å². The van der Waals surface area contributed by atoms with E-state index in [2.05, 4.69) is 4.98 Å². The van der Waals surface area contributed by atoms with Crippen molar-refractivity contribution < 1.29 is 13.2 Å². The number of rotatable bonds is 1. The van der Waals surface area contributed by atoms with E-state index in [0.29, 0.717) is 5.56 Å². The van der Waals surface area contributed by atoms with Crippen LogP contribution in [0.3, 0.4) is 0 Å². The minimum Gasteiger partial charge on any atom is -0.326 e. The summed E-state index contributed by atoms with van der Waals surface area (Å²) in [5.41, 5.74) is 4.86. The fraction of sp³-hybridized carbons (Fsp3) is 0.286. The molecule has 0 spiro atoms. The number of alkyl halides is 3. The van der Waals surface area contributed by atoms with Crippen molar-refractivity contribution in [3.8, 4) is 0 Å². The topological polar surface area (TPSA) is 38.9 Å². The van der Waals surface area contributed by atoms with Gasteiger partial charge in [0.05, 0.1) is 5.56 Å². The third-order valence-corrected chi connectivity index (χ3v) is 2.30. The molecule has 0 aliphatic carbocycles. The van der Waals surface area contributed by atoms with E-state index in [9.17, 15) is 13.2 Å². The normalized spacial score (nSPS) is 11.8. The first kappa shape index (κ1) is 10.7. The van der Waals surface area contributed by atoms with Crippen LogP contribution in [0, 0.1) is 3.70 Å². The number of pyridine rings is 1. The minimum absolute atomic E-state index is 0.0534. The lowest BCUT2D eigenvalue weighted by molar-refractivity contribution is -0.138. The maximum absolute atomic E-state index is 12.3. The van der Waals surface area contributed by atoms with E-state index in [-0.39, 0.29) is 10.2 Å². The van der Waals surface area contributed by atoms with E-state index in [1.54, 1.807) is 22.6 Å². The highest BCUT2D eigenvalue weighted by Gasteiger charge is 2.33. The number of aromatic nitrogens is 1. The predicted molar refractivity (Wildman–Crippen MR) is 49.8 cm³/mol. The number of hydrogen-bond acceptors (Lipinski definition) is 2. The lowest BCUT2D eigenvalue weighted by Gasteiger charge is -2.09. The molecule has 0 saturated carbocycles. The third-order valence-electron chi connectivity index (χ3n) is 1.44. The number of nitrogens with zero attached hydrogens (tertiary/aromatic N) is 1. The summed E-state index contributed by atoms with van der Waals surface area (Å²) in [6.07, 6.45) is -3.01. The van der Waals surface area contributed by atoms with Gasteiger partial charge in [0.2, 0.25) is 0 Å². The van der Waals surface area contributed by atoms with Crippen LogP contribution >= 0.6 is 22.6 Å². The molecule has 0 aliphatic heterocycles. The molecule has 0 atom stereocenters. The van der Waals surface area contributed by atoms with Crippen molar-refractivity contribution in [3.63, 3.8) is 0 Å². The standard InChI is InChI=1S/C7H6F3IN2/c8-7(9,10)5-1-4(2-12)3-13-6(5)11/h1,3H,2,12H2. The zero-order chi connectivity index (χ0) is 10.1. The van der Waals surface area contributed by atoms with Crippen molar-refractivity contribution in [2.75, 3.05) is 0 Å². The Labute approximate surface area is 86.5 Å². The molecule has 13 heavy (non-hydrogen) atoms. The molecular weight excluding hydrogens is 296 g/mol. The molecule has 1 aromatic heterocycles. The van der Waals surface area contributed by atoms with E-state index in [1.807, 2.05) is 0 Å². The summed E-state index contributed by atoms with van der Waals surface area (Å²) in [4.78, 5) is 3.60. The Morgan fingerprint density at radius 1 is 1.46 bits per heavy atom. The van der Waals surface area contributed by atoms with E-state index in [0.717, 1.165) is 6.07 Å². The molecule has 0 aliphatic rings. The first-order chi connectivity index (χ1) is 5.95. The van der Waals surface area contributed by atoms with Gasteiger partial charge in [0, 0.05) is 12.7 Å². The van der Waals surface area contributed by atoms with Gasteiger partial charge in [-0.05, 0) is 34.2 Å². The zero-order valence-corrected chi connectivity index (χ0v) is 8.56. The maximum Gasteiger partial charge on any atom is 0.418 e. The van der Waals surface area contributed by atoms with Gasteiger partial charge in [-0.15, -0.1) is 0 Å². The second-order valence-electron chi connectivity index (χ2n) is 2.38. The molecular formula is C7H6F3IN2. The van der Waals surface area contributed by atoms with Crippen LogP contribution in [0.4, 0.5) is 13.2 Å². The summed E-state index contributed by atoms with van der Waals surface area (Å²) in [7, 11) is 0. The second-order valence-corrected chi connectivity index (χ2v) is 3.41. The van der Waals surface area contributed by atoms with Crippen molar-refractivity contribution in [3.05, 3.63) is 27.1 Å². The fourth-order valence-corrected chi connectivity index (χ4v) is 1.40. The van der Waals surface area contributed by atoms with Crippen molar-refractivity contribution in [2.45, 2.75) is 12.7 Å². The van der Waals surface area contributed by atoms with Gasteiger partial charge in [-0.2, -0.15) is 13.2 Å². The first-order valence-corrected chi connectivity index (χ1v) is 4.44. The number of hydrogen-bond donors (Lipinski definition) is 1. The zero-order valence-electron chi connectivity index (χ0n) is 6.40. The van der Waals surface area contributed by atoms with Gasteiger partial charge in [-0.1, -0.05) is 0 Å². The molecule has 1 rings (SSSR count). The molecule has 1 aromatic rings. The van der Waals surface area contributed by atoms with Crippen LogP contribution in [0.25, 0.3) is 0 Å². The van der Waals surface area contributed by atoms with Crippen LogP contribution in [0.1, 0.15) is 11.1 Å². The maximum atomic E-state index is 12.3. The molecule has 0 radical (unpaired) electrons. The molecule has 1 heterocycles. The number of halogens is 4. The summed E-state index contributed by atoms with van der Waals surface area (Å²) in [5, 5.41) is 0. The predicted octanol–water partition coefficient (Wildman–Crippen LogP) is 2.16. The second kappa shape index (κ2) is 3.79. The van der Waals surface area contributed by atoms with Crippen molar-refractivity contribution >= 4 is 22.6 Å². The Hall–Kier alpha value is -0.370. The number of nitrogens with two attached hydrogens (primary N) is 1. The summed E-state index contributed by atoms with van der Waals surface area (Å²) in [5.74, 6) is 0. The Morgan fingerprint density at radius 3 is 2.54 bits per heavy atom. The SMILES string of the molecule is NCc1cnc(I)c(C(F)(F)F)c1. The molecule has 0 unspecified atom stereocenters. The van der Waals surface area contributed by atoms with E-state index >= 15 is 0 Å². The molecule has 2 N–H and O–H groups in total. The van der Waals surface area contributed by atoms with Crippen LogP contribution in [-0.4, -0.2) is 4.98 Å². The Morgan fingerprint density at radius 2 is 2.08 bits per heavy atom. The van der Waals surface area contributed by atoms with Gasteiger partial charge in [-0.3, -0.25) is 0 Å². The van der Waals surface area contributed by atoms with Crippen LogP contribution in [0.2, 0.25) is 0 Å². The van der Waals surface area contributed by atoms with Crippen molar-refractivity contribution in [1.82, 2.24) is 4.98 Å². The molecule has 0 aromatic carbocycles. The van der Waals surface area contributed by atoms with Crippen LogP contribution in [0.5, 0.6) is 0 Å². The van der Waals surface area contributed by atoms with Gasteiger partial charge < -0.3 is 5.73 Å². The molecule has 0 bridgehead atoms. The Bertz CT molecular complexity index is 311. The van der Waals surface area contributed by atoms with Crippen LogP contribution < -0.4 is 5.73 Å². The highest BCUT2D eigenvalue weighted by Crippen LogP contribution is 2.32. The van der Waals surface area contributed by atoms with E-state index < -0.39 is 11.7 Å². The first-order valence-electron chi connectivity index (χ1n) is 3.37. The monoisotopic (exact) mass is 302 g/mol. The highest BCUT2D eigenvalue weighted by atomic mass is 127. The highest BCUT2D eigenvalue weighted by molar-refractivity contribution is 14.1. The van der Waals surface area contributed by atoms with Crippen LogP contribution in [-0.2, 0) is 12.7 Å². The third kappa shape index (κ3) is 2.53. The largest absolute Gasteiger partial charge is 0.418 e. The molecule has 2 nitrogen and oxygen atoms in total. The average Bonchev–Trinajstić information content (AvgIpc) is 2.03. The molecule has 0 fully saturated rings. The lowest BCUT2D eigenvalue weighted by atomic mass is 10.2. The molecule has 6 heteroatoms. The van der Waals surface area contributed by atoms with Gasteiger partial charge in [-0.25, -0.2) is 4.98 Å². The van der Waals surface area contributed by atoms with Gasteiger partial charge in [0.25, 0.3) is 0 Å². The van der Waals surface area contributed by atoms with Gasteiger partial charge in [0.15, 0.2) is 0 Å².